The smallest absolute Gasteiger partial charge is 0.263 e. The summed E-state index contributed by atoms with van der Waals surface area (Å²) in [5.74, 6) is 2.30. The summed E-state index contributed by atoms with van der Waals surface area (Å²) in [6, 6.07) is 12.3. The predicted molar refractivity (Wildman–Crippen MR) is 91.3 cm³/mol. The molecule has 1 heterocycles. The van der Waals surface area contributed by atoms with Crippen LogP contribution in [0.25, 0.3) is 10.8 Å². The molecular weight excluding hydrogens is 326 g/mol. The van der Waals surface area contributed by atoms with Crippen molar-refractivity contribution in [1.82, 2.24) is 9.97 Å². The Kier molecular flexibility index (Phi) is 4.06. The van der Waals surface area contributed by atoms with Crippen molar-refractivity contribution in [3.05, 3.63) is 54.4 Å². The van der Waals surface area contributed by atoms with Crippen LogP contribution in [-0.2, 0) is 10.0 Å². The number of benzene rings is 2. The predicted octanol–water partition coefficient (Wildman–Crippen LogP) is 2.42. The van der Waals surface area contributed by atoms with Gasteiger partial charge in [-0.3, -0.25) is 4.72 Å². The number of fused-ring (bicyclic) bond motifs is 1. The molecule has 0 aliphatic heterocycles. The average Bonchev–Trinajstić information content (AvgIpc) is 2.61. The van der Waals surface area contributed by atoms with E-state index in [1.54, 1.807) is 18.2 Å². The van der Waals surface area contributed by atoms with Crippen LogP contribution in [0.5, 0.6) is 5.88 Å². The second-order valence-electron chi connectivity index (χ2n) is 4.84. The Morgan fingerprint density at radius 1 is 1.17 bits per heavy atom. The van der Waals surface area contributed by atoms with Crippen LogP contribution in [0.15, 0.2) is 53.6 Å². The number of methoxy groups -OCH3 is 1. The third-order valence-corrected chi connectivity index (χ3v) is 4.75. The molecule has 0 aliphatic carbocycles. The van der Waals surface area contributed by atoms with Gasteiger partial charge >= 0.3 is 0 Å². The molecule has 0 aliphatic rings. The second-order valence-corrected chi connectivity index (χ2v) is 6.49. The fourth-order valence-corrected chi connectivity index (χ4v) is 3.50. The number of sulfonamides is 1. The van der Waals surface area contributed by atoms with Crippen molar-refractivity contribution in [2.24, 2.45) is 0 Å². The first kappa shape index (κ1) is 15.8. The molecular formula is C17H13N3O3S. The maximum Gasteiger partial charge on any atom is 0.263 e. The summed E-state index contributed by atoms with van der Waals surface area (Å²) in [6.07, 6.45) is 6.55. The van der Waals surface area contributed by atoms with Crippen LogP contribution in [0.4, 0.5) is 5.82 Å². The van der Waals surface area contributed by atoms with E-state index in [9.17, 15) is 8.42 Å². The molecule has 0 saturated carbocycles. The minimum atomic E-state index is -3.88. The Morgan fingerprint density at radius 3 is 2.67 bits per heavy atom. The van der Waals surface area contributed by atoms with Gasteiger partial charge < -0.3 is 4.74 Å². The van der Waals surface area contributed by atoms with Crippen molar-refractivity contribution >= 4 is 26.6 Å². The van der Waals surface area contributed by atoms with E-state index in [2.05, 4.69) is 20.6 Å². The number of hydrogen-bond acceptors (Lipinski definition) is 5. The highest BCUT2D eigenvalue weighted by Gasteiger charge is 2.20. The van der Waals surface area contributed by atoms with Gasteiger partial charge in [0.1, 0.15) is 5.69 Å². The Labute approximate surface area is 139 Å². The molecule has 24 heavy (non-hydrogen) atoms. The zero-order valence-electron chi connectivity index (χ0n) is 12.7. The highest BCUT2D eigenvalue weighted by molar-refractivity contribution is 7.93. The van der Waals surface area contributed by atoms with E-state index in [0.29, 0.717) is 5.39 Å². The van der Waals surface area contributed by atoms with Gasteiger partial charge in [0.2, 0.25) is 5.82 Å². The summed E-state index contributed by atoms with van der Waals surface area (Å²) in [6.45, 7) is 0. The van der Waals surface area contributed by atoms with Crippen molar-refractivity contribution in [3.8, 4) is 18.2 Å². The Hall–Kier alpha value is -3.11. The summed E-state index contributed by atoms with van der Waals surface area (Å²) < 4.78 is 33.0. The third-order valence-electron chi connectivity index (χ3n) is 3.35. The third kappa shape index (κ3) is 2.87. The number of aromatic nitrogens is 2. The fraction of sp³-hybridized carbons (Fsp3) is 0.0588. The molecule has 0 fully saturated rings. The van der Waals surface area contributed by atoms with Gasteiger partial charge in [-0.1, -0.05) is 36.4 Å². The van der Waals surface area contributed by atoms with E-state index in [1.165, 1.54) is 19.4 Å². The van der Waals surface area contributed by atoms with Gasteiger partial charge in [-0.2, -0.15) is 4.98 Å². The van der Waals surface area contributed by atoms with Gasteiger partial charge in [0, 0.05) is 5.39 Å². The highest BCUT2D eigenvalue weighted by atomic mass is 32.2. The van der Waals surface area contributed by atoms with Crippen molar-refractivity contribution < 1.29 is 13.2 Å². The molecule has 0 radical (unpaired) electrons. The molecule has 0 spiro atoms. The quantitative estimate of drug-likeness (QED) is 0.738. The summed E-state index contributed by atoms with van der Waals surface area (Å²) in [7, 11) is -2.52. The molecule has 7 heteroatoms. The molecule has 120 valence electrons. The largest absolute Gasteiger partial charge is 0.478 e. The van der Waals surface area contributed by atoms with Crippen LogP contribution < -0.4 is 9.46 Å². The first-order valence-corrected chi connectivity index (χ1v) is 8.41. The minimum absolute atomic E-state index is 0.00858. The lowest BCUT2D eigenvalue weighted by atomic mass is 10.1. The van der Waals surface area contributed by atoms with Crippen molar-refractivity contribution in [2.45, 2.75) is 4.90 Å². The van der Waals surface area contributed by atoms with Gasteiger partial charge in [-0.05, 0) is 17.4 Å². The number of nitrogens with one attached hydrogen (secondary N) is 1. The maximum absolute atomic E-state index is 12.8. The summed E-state index contributed by atoms with van der Waals surface area (Å²) in [5.41, 5.74) is 0.250. The Balaban J connectivity index is 2.08. The zero-order valence-corrected chi connectivity index (χ0v) is 13.5. The number of rotatable bonds is 4. The fourth-order valence-electron chi connectivity index (χ4n) is 2.27. The van der Waals surface area contributed by atoms with Gasteiger partial charge in [0.05, 0.1) is 18.2 Å². The maximum atomic E-state index is 12.8. The molecule has 1 aromatic heterocycles. The van der Waals surface area contributed by atoms with Crippen LogP contribution in [0.2, 0.25) is 0 Å². The van der Waals surface area contributed by atoms with Gasteiger partial charge in [-0.25, -0.2) is 13.4 Å². The standard InChI is InChI=1S/C17H13N3O3S/c1-3-13-11-18-16(17(19-13)23-2)20-24(21,22)15-10-6-8-12-7-4-5-9-14(12)15/h1,4-11H,2H3,(H,18,20). The molecule has 3 rings (SSSR count). The molecule has 3 aromatic rings. The SMILES string of the molecule is C#Cc1cnc(NS(=O)(=O)c2cccc3ccccc23)c(OC)n1. The lowest BCUT2D eigenvalue weighted by Crippen LogP contribution is -2.15. The van der Waals surface area contributed by atoms with Crippen molar-refractivity contribution in [2.75, 3.05) is 11.8 Å². The first-order chi connectivity index (χ1) is 11.5. The van der Waals surface area contributed by atoms with E-state index >= 15 is 0 Å². The van der Waals surface area contributed by atoms with E-state index in [-0.39, 0.29) is 22.3 Å². The van der Waals surface area contributed by atoms with Crippen LogP contribution in [-0.4, -0.2) is 25.5 Å². The summed E-state index contributed by atoms with van der Waals surface area (Å²) in [4.78, 5) is 8.14. The van der Waals surface area contributed by atoms with E-state index in [0.717, 1.165) is 5.39 Å². The number of terminal acetylenes is 1. The number of ether oxygens (including phenoxy) is 1. The van der Waals surface area contributed by atoms with Gasteiger partial charge in [0.15, 0.2) is 0 Å². The summed E-state index contributed by atoms with van der Waals surface area (Å²) in [5, 5.41) is 1.43. The van der Waals surface area contributed by atoms with Crippen molar-refractivity contribution in [1.29, 1.82) is 0 Å². The Bertz CT molecular complexity index is 1050. The lowest BCUT2D eigenvalue weighted by Gasteiger charge is -2.12. The molecule has 0 amide bonds. The van der Waals surface area contributed by atoms with Crippen molar-refractivity contribution in [3.63, 3.8) is 0 Å². The molecule has 0 atom stereocenters. The molecule has 0 unspecified atom stereocenters. The second kappa shape index (κ2) is 6.18. The molecule has 1 N–H and O–H groups in total. The number of anilines is 1. The van der Waals surface area contributed by atoms with Gasteiger partial charge in [0.25, 0.3) is 15.9 Å². The van der Waals surface area contributed by atoms with E-state index in [4.69, 9.17) is 11.2 Å². The van der Waals surface area contributed by atoms with Crippen LogP contribution in [0.1, 0.15) is 5.69 Å². The lowest BCUT2D eigenvalue weighted by molar-refractivity contribution is 0.398. The van der Waals surface area contributed by atoms with Crippen LogP contribution in [0, 0.1) is 12.3 Å². The summed E-state index contributed by atoms with van der Waals surface area (Å²) >= 11 is 0. The average molecular weight is 339 g/mol. The molecule has 6 nitrogen and oxygen atoms in total. The number of nitrogens with zero attached hydrogens (tertiary/aromatic N) is 2. The monoisotopic (exact) mass is 339 g/mol. The number of hydrogen-bond donors (Lipinski definition) is 1. The normalized spacial score (nSPS) is 11.0. The molecule has 2 aromatic carbocycles. The van der Waals surface area contributed by atoms with E-state index < -0.39 is 10.0 Å². The van der Waals surface area contributed by atoms with Gasteiger partial charge in [-0.15, -0.1) is 6.42 Å². The molecule has 0 saturated heterocycles. The topological polar surface area (TPSA) is 81.2 Å². The molecule has 0 bridgehead atoms. The van der Waals surface area contributed by atoms with Crippen LogP contribution >= 0.6 is 0 Å². The zero-order chi connectivity index (χ0) is 17.2. The first-order valence-electron chi connectivity index (χ1n) is 6.93. The highest BCUT2D eigenvalue weighted by Crippen LogP contribution is 2.27. The van der Waals surface area contributed by atoms with Crippen LogP contribution in [0.3, 0.4) is 0 Å². The Morgan fingerprint density at radius 2 is 1.92 bits per heavy atom. The minimum Gasteiger partial charge on any atom is -0.478 e. The van der Waals surface area contributed by atoms with E-state index in [1.807, 2.05) is 18.2 Å².